The van der Waals surface area contributed by atoms with Gasteiger partial charge in [-0.25, -0.2) is 13.8 Å². The molecule has 0 bridgehead atoms. The predicted octanol–water partition coefficient (Wildman–Crippen LogP) is 4.59. The Balaban J connectivity index is 1.65. The van der Waals surface area contributed by atoms with E-state index in [9.17, 15) is 13.6 Å². The number of carbonyl (C=O) groups excluding carboxylic acids is 1. The van der Waals surface area contributed by atoms with E-state index in [0.29, 0.717) is 10.7 Å². The Hall–Kier alpha value is -3.06. The first-order valence-corrected chi connectivity index (χ1v) is 8.28. The van der Waals surface area contributed by atoms with E-state index in [0.717, 1.165) is 23.4 Å². The molecule has 1 N–H and O–H groups in total. The molecule has 0 saturated carbocycles. The summed E-state index contributed by atoms with van der Waals surface area (Å²) in [5.41, 5.74) is 2.27. The summed E-state index contributed by atoms with van der Waals surface area (Å²) < 4.78 is 27.9. The van der Waals surface area contributed by atoms with Crippen LogP contribution in [0.4, 0.5) is 14.5 Å². The van der Waals surface area contributed by atoms with E-state index in [1.807, 2.05) is 30.3 Å². The first-order chi connectivity index (χ1) is 12.1. The zero-order valence-electron chi connectivity index (χ0n) is 12.7. The molecule has 0 aliphatic rings. The molecule has 2 aromatic heterocycles. The summed E-state index contributed by atoms with van der Waals surface area (Å²) in [6, 6.07) is 12.9. The Kier molecular flexibility index (Phi) is 3.77. The number of hydrogen-bond donors (Lipinski definition) is 1. The molecule has 4 rings (SSSR count). The normalized spacial score (nSPS) is 11.0. The Bertz CT molecular complexity index is 1070. The quantitative estimate of drug-likeness (QED) is 0.584. The Labute approximate surface area is 145 Å². The number of aromatic nitrogens is 2. The van der Waals surface area contributed by atoms with E-state index in [2.05, 4.69) is 10.3 Å². The number of fused-ring (bicyclic) bond motifs is 1. The van der Waals surface area contributed by atoms with Crippen molar-refractivity contribution in [1.82, 2.24) is 9.38 Å². The topological polar surface area (TPSA) is 46.4 Å². The number of halogens is 2. The molecule has 25 heavy (non-hydrogen) atoms. The van der Waals surface area contributed by atoms with Crippen molar-refractivity contribution in [2.75, 3.05) is 5.32 Å². The number of nitrogens with one attached hydrogen (secondary N) is 1. The molecule has 0 saturated heterocycles. The number of nitrogens with zero attached hydrogens (tertiary/aromatic N) is 2. The van der Waals surface area contributed by atoms with Crippen molar-refractivity contribution < 1.29 is 13.6 Å². The first-order valence-electron chi connectivity index (χ1n) is 7.40. The van der Waals surface area contributed by atoms with Crippen molar-refractivity contribution in [3.8, 4) is 11.3 Å². The number of amides is 1. The lowest BCUT2D eigenvalue weighted by molar-refractivity contribution is 0.102. The van der Waals surface area contributed by atoms with Gasteiger partial charge in [-0.1, -0.05) is 30.3 Å². The molecular formula is C18H11F2N3OS. The van der Waals surface area contributed by atoms with Crippen LogP contribution in [0.15, 0.2) is 60.1 Å². The third-order valence-corrected chi connectivity index (χ3v) is 4.53. The second-order valence-corrected chi connectivity index (χ2v) is 6.19. The fraction of sp³-hybridized carbons (Fsp3) is 0. The molecule has 4 aromatic rings. The van der Waals surface area contributed by atoms with Crippen LogP contribution in [0.3, 0.4) is 0 Å². The van der Waals surface area contributed by atoms with Crippen LogP contribution in [0.5, 0.6) is 0 Å². The molecule has 7 heteroatoms. The van der Waals surface area contributed by atoms with E-state index in [4.69, 9.17) is 0 Å². The van der Waals surface area contributed by atoms with E-state index in [-0.39, 0.29) is 5.69 Å². The third-order valence-electron chi connectivity index (χ3n) is 3.69. The molecule has 0 spiro atoms. The minimum atomic E-state index is -1.01. The summed E-state index contributed by atoms with van der Waals surface area (Å²) in [6.07, 6.45) is 1.78. The average molecular weight is 355 g/mol. The van der Waals surface area contributed by atoms with Crippen molar-refractivity contribution in [2.24, 2.45) is 0 Å². The number of benzene rings is 2. The highest BCUT2D eigenvalue weighted by atomic mass is 32.1. The van der Waals surface area contributed by atoms with Gasteiger partial charge < -0.3 is 5.32 Å². The molecule has 0 fully saturated rings. The number of hydrogen-bond acceptors (Lipinski definition) is 3. The van der Waals surface area contributed by atoms with Crippen molar-refractivity contribution in [2.45, 2.75) is 0 Å². The summed E-state index contributed by atoms with van der Waals surface area (Å²) in [6.45, 7) is 0. The number of anilines is 1. The van der Waals surface area contributed by atoms with Gasteiger partial charge in [0, 0.05) is 28.9 Å². The molecule has 2 heterocycles. The van der Waals surface area contributed by atoms with E-state index in [1.165, 1.54) is 17.4 Å². The lowest BCUT2D eigenvalue weighted by Gasteiger charge is -2.04. The van der Waals surface area contributed by atoms with Crippen LogP contribution >= 0.6 is 11.3 Å². The van der Waals surface area contributed by atoms with E-state index < -0.39 is 17.5 Å². The van der Waals surface area contributed by atoms with Gasteiger partial charge in [0.1, 0.15) is 5.69 Å². The number of rotatable bonds is 3. The Morgan fingerprint density at radius 1 is 1.08 bits per heavy atom. The SMILES string of the molecule is O=C(Nc1ccc(F)c(F)c1)c1csc2nc(-c3ccccc3)cn12. The fourth-order valence-corrected chi connectivity index (χ4v) is 3.32. The van der Waals surface area contributed by atoms with Crippen LogP contribution in [-0.2, 0) is 0 Å². The largest absolute Gasteiger partial charge is 0.321 e. The Morgan fingerprint density at radius 2 is 1.88 bits per heavy atom. The average Bonchev–Trinajstić information content (AvgIpc) is 3.19. The van der Waals surface area contributed by atoms with Gasteiger partial charge in [0.2, 0.25) is 0 Å². The summed E-state index contributed by atoms with van der Waals surface area (Å²) in [5, 5.41) is 4.24. The number of imidazole rings is 1. The number of carbonyl (C=O) groups is 1. The van der Waals surface area contributed by atoms with Crippen LogP contribution in [0.25, 0.3) is 16.2 Å². The van der Waals surface area contributed by atoms with Gasteiger partial charge in [0.15, 0.2) is 16.6 Å². The van der Waals surface area contributed by atoms with Crippen LogP contribution in [0.1, 0.15) is 10.5 Å². The molecule has 1 amide bonds. The van der Waals surface area contributed by atoms with Gasteiger partial charge >= 0.3 is 0 Å². The lowest BCUT2D eigenvalue weighted by atomic mass is 10.2. The maximum Gasteiger partial charge on any atom is 0.273 e. The van der Waals surface area contributed by atoms with Gasteiger partial charge in [-0.2, -0.15) is 0 Å². The fourth-order valence-electron chi connectivity index (χ4n) is 2.46. The molecule has 0 radical (unpaired) electrons. The van der Waals surface area contributed by atoms with Crippen LogP contribution in [0, 0.1) is 11.6 Å². The second-order valence-electron chi connectivity index (χ2n) is 5.35. The highest BCUT2D eigenvalue weighted by Gasteiger charge is 2.16. The minimum absolute atomic E-state index is 0.187. The molecule has 124 valence electrons. The minimum Gasteiger partial charge on any atom is -0.321 e. The first kappa shape index (κ1) is 15.5. The zero-order chi connectivity index (χ0) is 17.4. The van der Waals surface area contributed by atoms with Gasteiger partial charge in [0.05, 0.1) is 5.69 Å². The van der Waals surface area contributed by atoms with Crippen molar-refractivity contribution in [3.05, 3.63) is 77.4 Å². The summed E-state index contributed by atoms with van der Waals surface area (Å²) in [5.74, 6) is -2.39. The molecule has 0 aliphatic carbocycles. The maximum atomic E-state index is 13.3. The van der Waals surface area contributed by atoms with Crippen LogP contribution in [0.2, 0.25) is 0 Å². The third kappa shape index (κ3) is 2.89. The summed E-state index contributed by atoms with van der Waals surface area (Å²) in [4.78, 5) is 17.6. The van der Waals surface area contributed by atoms with Crippen LogP contribution in [-0.4, -0.2) is 15.3 Å². The van der Waals surface area contributed by atoms with Gasteiger partial charge in [-0.3, -0.25) is 9.20 Å². The highest BCUT2D eigenvalue weighted by Crippen LogP contribution is 2.24. The summed E-state index contributed by atoms with van der Waals surface area (Å²) >= 11 is 1.33. The molecule has 4 nitrogen and oxygen atoms in total. The number of thiazole rings is 1. The lowest BCUT2D eigenvalue weighted by Crippen LogP contribution is -2.14. The van der Waals surface area contributed by atoms with E-state index >= 15 is 0 Å². The zero-order valence-corrected chi connectivity index (χ0v) is 13.6. The van der Waals surface area contributed by atoms with E-state index in [1.54, 1.807) is 16.0 Å². The van der Waals surface area contributed by atoms with Gasteiger partial charge in [-0.15, -0.1) is 11.3 Å². The van der Waals surface area contributed by atoms with Crippen molar-refractivity contribution in [1.29, 1.82) is 0 Å². The summed E-state index contributed by atoms with van der Waals surface area (Å²) in [7, 11) is 0. The molecular weight excluding hydrogens is 344 g/mol. The Morgan fingerprint density at radius 3 is 2.64 bits per heavy atom. The van der Waals surface area contributed by atoms with Crippen LogP contribution < -0.4 is 5.32 Å². The standard InChI is InChI=1S/C18H11F2N3OS/c19-13-7-6-12(8-14(13)20)21-17(24)16-10-25-18-22-15(9-23(16)18)11-4-2-1-3-5-11/h1-10H,(H,21,24). The predicted molar refractivity (Wildman–Crippen MR) is 92.8 cm³/mol. The van der Waals surface area contributed by atoms with Gasteiger partial charge in [0.25, 0.3) is 5.91 Å². The molecule has 2 aromatic carbocycles. The van der Waals surface area contributed by atoms with Crippen molar-refractivity contribution >= 4 is 27.9 Å². The maximum absolute atomic E-state index is 13.3. The van der Waals surface area contributed by atoms with Gasteiger partial charge in [-0.05, 0) is 12.1 Å². The monoisotopic (exact) mass is 355 g/mol. The highest BCUT2D eigenvalue weighted by molar-refractivity contribution is 7.15. The second kappa shape index (κ2) is 6.10. The molecule has 0 atom stereocenters. The molecule has 0 unspecified atom stereocenters. The molecule has 0 aliphatic heterocycles. The smallest absolute Gasteiger partial charge is 0.273 e. The van der Waals surface area contributed by atoms with Crippen molar-refractivity contribution in [3.63, 3.8) is 0 Å².